The Morgan fingerprint density at radius 3 is 1.43 bits per heavy atom. The van der Waals surface area contributed by atoms with Crippen LogP contribution in [0.5, 0.6) is 0 Å². The number of benzene rings is 3. The molecule has 2 atom stereocenters. The minimum absolute atomic E-state index is 0. The monoisotopic (exact) mass is 714 g/mol. The van der Waals surface area contributed by atoms with Crippen LogP contribution in [0, 0.1) is 0 Å². The maximum absolute atomic E-state index is 3.29. The summed E-state index contributed by atoms with van der Waals surface area (Å²) in [4.78, 5) is 0. The van der Waals surface area contributed by atoms with E-state index in [1.54, 1.807) is 36.7 Å². The van der Waals surface area contributed by atoms with Gasteiger partial charge in [-0.25, -0.2) is 0 Å². The summed E-state index contributed by atoms with van der Waals surface area (Å²) in [7, 11) is 0. The van der Waals surface area contributed by atoms with Crippen molar-refractivity contribution in [2.45, 2.75) is 67.3 Å². The predicted octanol–water partition coefficient (Wildman–Crippen LogP) is 2.17. The van der Waals surface area contributed by atoms with Gasteiger partial charge in [-0.3, -0.25) is 0 Å². The van der Waals surface area contributed by atoms with E-state index in [1.165, 1.54) is 11.1 Å². The first kappa shape index (κ1) is 30.3. The molecule has 0 radical (unpaired) electrons. The van der Waals surface area contributed by atoms with Gasteiger partial charge in [-0.15, -0.1) is 0 Å². The summed E-state index contributed by atoms with van der Waals surface area (Å²) in [6, 6.07) is 26.3. The van der Waals surface area contributed by atoms with Gasteiger partial charge in [-0.05, 0) is 0 Å². The number of fused-ring (bicyclic) bond motifs is 2. The smallest absolute Gasteiger partial charge is 1.00 e. The van der Waals surface area contributed by atoms with Crippen LogP contribution in [0.4, 0.5) is 0 Å². The van der Waals surface area contributed by atoms with E-state index in [4.69, 9.17) is 0 Å². The molecule has 196 valence electrons. The van der Waals surface area contributed by atoms with E-state index in [2.05, 4.69) is 127 Å². The quantitative estimate of drug-likeness (QED) is 0.344. The predicted molar refractivity (Wildman–Crippen MR) is 154 cm³/mol. The Bertz CT molecular complexity index is 1240. The Kier molecular flexibility index (Phi) is 9.77. The van der Waals surface area contributed by atoms with Gasteiger partial charge in [-0.2, -0.15) is 0 Å². The Labute approximate surface area is 243 Å². The molecule has 4 heteroatoms. The van der Waals surface area contributed by atoms with E-state index in [9.17, 15) is 0 Å². The minimum atomic E-state index is -3.29. The number of rotatable bonds is 6. The third-order valence-corrected chi connectivity index (χ3v) is 50.6. The molecule has 0 aliphatic heterocycles. The van der Waals surface area contributed by atoms with Crippen molar-refractivity contribution in [3.05, 3.63) is 111 Å². The maximum Gasteiger partial charge on any atom is -1.00 e. The van der Waals surface area contributed by atoms with E-state index in [0.717, 1.165) is 0 Å². The molecule has 0 saturated heterocycles. The first-order chi connectivity index (χ1) is 16.8. The molecule has 5 rings (SSSR count). The van der Waals surface area contributed by atoms with Gasteiger partial charge in [0, 0.05) is 0 Å². The summed E-state index contributed by atoms with van der Waals surface area (Å²) >= 11 is -3.29. The fraction of sp³-hybridized carbons (Fsp3) is 0.333. The van der Waals surface area contributed by atoms with Crippen LogP contribution < -0.4 is 28.1 Å². The number of allylic oxidation sites excluding steroid dienone is 2. The molecule has 0 amide bonds. The number of hydrogen-bond acceptors (Lipinski definition) is 0. The molecular formula is C33H40Cl2HfSi-2. The Hall–Kier alpha value is -1.19. The molecule has 0 spiro atoms. The Morgan fingerprint density at radius 1 is 0.622 bits per heavy atom. The van der Waals surface area contributed by atoms with Crippen molar-refractivity contribution in [1.29, 1.82) is 0 Å². The second-order valence-corrected chi connectivity index (χ2v) is 43.0. The molecule has 2 unspecified atom stereocenters. The molecule has 0 heterocycles. The molecule has 2 aliphatic rings. The summed E-state index contributed by atoms with van der Waals surface area (Å²) in [5.41, 5.74) is 12.7. The molecule has 3 aromatic carbocycles. The molecule has 0 N–H and O–H groups in total. The normalized spacial score (nSPS) is 19.7. The molecule has 37 heavy (non-hydrogen) atoms. The van der Waals surface area contributed by atoms with E-state index < -0.39 is 19.1 Å². The third-order valence-electron chi connectivity index (χ3n) is 8.79. The van der Waals surface area contributed by atoms with Crippen molar-refractivity contribution in [2.24, 2.45) is 0 Å². The molecule has 0 saturated carbocycles. The number of halogens is 2. The van der Waals surface area contributed by atoms with Gasteiger partial charge in [0.2, 0.25) is 0 Å². The fourth-order valence-electron chi connectivity index (χ4n) is 7.39. The van der Waals surface area contributed by atoms with Crippen molar-refractivity contribution < 1.29 is 44.0 Å². The van der Waals surface area contributed by atoms with Gasteiger partial charge in [0.25, 0.3) is 0 Å². The van der Waals surface area contributed by atoms with Crippen LogP contribution in [-0.2, 0) is 19.1 Å². The van der Waals surface area contributed by atoms with E-state index >= 15 is 0 Å². The van der Waals surface area contributed by atoms with E-state index in [0.29, 0.717) is 19.2 Å². The standard InChI is InChI=1S/2C13H15.C6H5.CH5Si.2ClH.Hf/c2*1-9(2)12-6-4-5-11-7-10(3)8-13(11)12;1-2-4-6-5-3-1;1-2;;;/h2*4-9H,1-3H3;1-5H;2H2,1H3;2*1H;/p-2. The average molecular weight is 714 g/mol. The van der Waals surface area contributed by atoms with Crippen LogP contribution in [0.1, 0.15) is 94.1 Å². The van der Waals surface area contributed by atoms with E-state index in [1.807, 2.05) is 0 Å². The van der Waals surface area contributed by atoms with Gasteiger partial charge in [0.05, 0.1) is 0 Å². The molecule has 0 nitrogen and oxygen atoms in total. The van der Waals surface area contributed by atoms with Gasteiger partial charge < -0.3 is 24.8 Å². The zero-order chi connectivity index (χ0) is 24.9. The molecule has 0 fully saturated rings. The van der Waals surface area contributed by atoms with Crippen LogP contribution in [0.25, 0.3) is 12.2 Å². The summed E-state index contributed by atoms with van der Waals surface area (Å²) < 4.78 is 3.02. The van der Waals surface area contributed by atoms with Gasteiger partial charge in [0.1, 0.15) is 0 Å². The zero-order valence-electron chi connectivity index (χ0n) is 23.3. The van der Waals surface area contributed by atoms with Crippen LogP contribution >= 0.6 is 0 Å². The maximum atomic E-state index is 2.66. The van der Waals surface area contributed by atoms with Crippen molar-refractivity contribution in [1.82, 2.24) is 0 Å². The van der Waals surface area contributed by atoms with Crippen molar-refractivity contribution >= 4 is 22.2 Å². The summed E-state index contributed by atoms with van der Waals surface area (Å²) in [5, 5.41) is 0. The molecule has 3 aromatic rings. The first-order valence-electron chi connectivity index (χ1n) is 13.5. The zero-order valence-corrected chi connectivity index (χ0v) is 29.8. The van der Waals surface area contributed by atoms with Crippen molar-refractivity contribution in [3.63, 3.8) is 0 Å². The third kappa shape index (κ3) is 4.86. The second kappa shape index (κ2) is 11.9. The average Bonchev–Trinajstić information content (AvgIpc) is 3.37. The molecule has 0 aromatic heterocycles. The van der Waals surface area contributed by atoms with Crippen molar-refractivity contribution in [2.75, 3.05) is 0 Å². The molecular weight excluding hydrogens is 674 g/mol. The first-order valence-corrected chi connectivity index (χ1v) is 29.2. The Balaban J connectivity index is 0.00000190. The molecule has 2 aliphatic carbocycles. The fourth-order valence-corrected chi connectivity index (χ4v) is 51.4. The van der Waals surface area contributed by atoms with Gasteiger partial charge in [0.15, 0.2) is 0 Å². The SMILES string of the molecule is C[SiH2][Hf]([c]1ccccc1)([CH]1C(C)=Cc2c(C(C)C)cccc21)[CH]1C(C)=Cc2c(C(C)C)cccc21.[Cl-].[Cl-]. The Morgan fingerprint density at radius 2 is 1.05 bits per heavy atom. The largest absolute Gasteiger partial charge is 1.00 e. The summed E-state index contributed by atoms with van der Waals surface area (Å²) in [6.45, 7) is 16.7. The van der Waals surface area contributed by atoms with Gasteiger partial charge in [-0.1, -0.05) is 0 Å². The van der Waals surface area contributed by atoms with Crippen molar-refractivity contribution in [3.8, 4) is 0 Å². The van der Waals surface area contributed by atoms with Gasteiger partial charge >= 0.3 is 220 Å². The van der Waals surface area contributed by atoms with E-state index in [-0.39, 0.29) is 31.5 Å². The van der Waals surface area contributed by atoms with Crippen LogP contribution in [0.15, 0.2) is 77.9 Å². The molecule has 0 bridgehead atoms. The minimum Gasteiger partial charge on any atom is -1.00 e. The summed E-state index contributed by atoms with van der Waals surface area (Å²) in [6.07, 6.45) is 5.16. The topological polar surface area (TPSA) is 0 Å². The van der Waals surface area contributed by atoms with Crippen LogP contribution in [0.3, 0.4) is 0 Å². The number of hydrogen-bond donors (Lipinski definition) is 0. The van der Waals surface area contributed by atoms with Crippen LogP contribution in [-0.4, -0.2) is 6.71 Å². The summed E-state index contributed by atoms with van der Waals surface area (Å²) in [5.74, 6) is 1.11. The van der Waals surface area contributed by atoms with Crippen LogP contribution in [0.2, 0.25) is 6.55 Å². The second-order valence-electron chi connectivity index (χ2n) is 11.4.